The summed E-state index contributed by atoms with van der Waals surface area (Å²) in [6.45, 7) is 2.16. The summed E-state index contributed by atoms with van der Waals surface area (Å²) < 4.78 is 0. The van der Waals surface area contributed by atoms with E-state index in [1.807, 2.05) is 11.8 Å². The zero-order chi connectivity index (χ0) is 8.10. The zero-order valence-electron chi connectivity index (χ0n) is 6.63. The Bertz CT molecular complexity index is 140. The van der Waals surface area contributed by atoms with Gasteiger partial charge in [0.1, 0.15) is 0 Å². The van der Waals surface area contributed by atoms with Gasteiger partial charge in [-0.2, -0.15) is 11.8 Å². The van der Waals surface area contributed by atoms with E-state index in [0.29, 0.717) is 11.1 Å². The van der Waals surface area contributed by atoms with Crippen LogP contribution in [0.2, 0.25) is 0 Å². The summed E-state index contributed by atoms with van der Waals surface area (Å²) >= 11 is 3.66. The summed E-state index contributed by atoms with van der Waals surface area (Å²) in [6.07, 6.45) is 1.11. The molecule has 0 bridgehead atoms. The lowest BCUT2D eigenvalue weighted by atomic mass is 10.5. The summed E-state index contributed by atoms with van der Waals surface area (Å²) in [5.74, 6) is 3.18. The number of hydrogen-bond acceptors (Lipinski definition) is 3. The molecule has 1 N–H and O–H groups in total. The number of carbonyl (C=O) groups excluding carboxylic acids is 1. The van der Waals surface area contributed by atoms with Gasteiger partial charge in [0.05, 0.1) is 11.1 Å². The van der Waals surface area contributed by atoms with Crippen molar-refractivity contribution in [3.05, 3.63) is 0 Å². The first kappa shape index (κ1) is 9.26. The molecule has 64 valence electrons. The van der Waals surface area contributed by atoms with Crippen LogP contribution in [0.4, 0.5) is 0 Å². The molecule has 1 atom stereocenters. The molecule has 0 spiro atoms. The monoisotopic (exact) mass is 191 g/mol. The molecule has 0 aromatic carbocycles. The molecule has 4 heteroatoms. The summed E-state index contributed by atoms with van der Waals surface area (Å²) in [6, 6.07) is 0. The maximum Gasteiger partial charge on any atom is 0.230 e. The third kappa shape index (κ3) is 3.38. The van der Waals surface area contributed by atoms with Crippen LogP contribution < -0.4 is 5.32 Å². The van der Waals surface area contributed by atoms with Gasteiger partial charge in [0.25, 0.3) is 0 Å². The van der Waals surface area contributed by atoms with Crippen LogP contribution in [0.5, 0.6) is 0 Å². The van der Waals surface area contributed by atoms with Gasteiger partial charge in [-0.15, -0.1) is 11.8 Å². The van der Waals surface area contributed by atoms with Crippen LogP contribution in [0.1, 0.15) is 13.3 Å². The van der Waals surface area contributed by atoms with E-state index in [1.165, 1.54) is 5.75 Å². The molecule has 0 aliphatic carbocycles. The number of thioether (sulfide) groups is 2. The molecule has 1 aliphatic heterocycles. The Morgan fingerprint density at radius 3 is 3.18 bits per heavy atom. The van der Waals surface area contributed by atoms with Crippen molar-refractivity contribution in [2.24, 2.45) is 0 Å². The summed E-state index contributed by atoms with van der Waals surface area (Å²) in [5, 5.41) is 3.31. The van der Waals surface area contributed by atoms with Crippen LogP contribution in [0.25, 0.3) is 0 Å². The second-order valence-electron chi connectivity index (χ2n) is 2.35. The molecule has 1 unspecified atom stereocenters. The van der Waals surface area contributed by atoms with Gasteiger partial charge >= 0.3 is 0 Å². The second kappa shape index (κ2) is 4.93. The Kier molecular flexibility index (Phi) is 4.15. The highest BCUT2D eigenvalue weighted by molar-refractivity contribution is 8.01. The summed E-state index contributed by atoms with van der Waals surface area (Å²) in [7, 11) is 0. The van der Waals surface area contributed by atoms with E-state index in [9.17, 15) is 4.79 Å². The Morgan fingerprint density at radius 1 is 1.82 bits per heavy atom. The average molecular weight is 191 g/mol. The number of amides is 1. The minimum Gasteiger partial charge on any atom is -0.344 e. The van der Waals surface area contributed by atoms with Gasteiger partial charge in [0.2, 0.25) is 5.91 Å². The van der Waals surface area contributed by atoms with Crippen molar-refractivity contribution in [3.63, 3.8) is 0 Å². The predicted molar refractivity (Wildman–Crippen MR) is 52.0 cm³/mol. The van der Waals surface area contributed by atoms with E-state index in [1.54, 1.807) is 11.8 Å². The first-order chi connectivity index (χ1) is 5.33. The molecule has 1 fully saturated rings. The van der Waals surface area contributed by atoms with Crippen LogP contribution >= 0.6 is 23.5 Å². The molecule has 0 radical (unpaired) electrons. The van der Waals surface area contributed by atoms with Gasteiger partial charge in [-0.05, 0) is 17.9 Å². The summed E-state index contributed by atoms with van der Waals surface area (Å²) in [5.41, 5.74) is 0. The van der Waals surface area contributed by atoms with Crippen molar-refractivity contribution < 1.29 is 4.79 Å². The molecule has 11 heavy (non-hydrogen) atoms. The fourth-order valence-electron chi connectivity index (χ4n) is 0.929. The molecular formula is C7H13NOS2. The van der Waals surface area contributed by atoms with E-state index < -0.39 is 0 Å². The fraction of sp³-hybridized carbons (Fsp3) is 0.857. The zero-order valence-corrected chi connectivity index (χ0v) is 8.26. The number of rotatable bonds is 4. The van der Waals surface area contributed by atoms with Gasteiger partial charge in [0, 0.05) is 0 Å². The SMILES string of the molecule is CCSCCC1NC(=O)CS1. The lowest BCUT2D eigenvalue weighted by Gasteiger charge is -2.06. The molecule has 1 amide bonds. The molecule has 0 aromatic heterocycles. The van der Waals surface area contributed by atoms with Gasteiger partial charge in [-0.1, -0.05) is 6.92 Å². The first-order valence-electron chi connectivity index (χ1n) is 3.81. The highest BCUT2D eigenvalue weighted by atomic mass is 32.2. The number of nitrogens with one attached hydrogen (secondary N) is 1. The maximum absolute atomic E-state index is 10.7. The van der Waals surface area contributed by atoms with Crippen LogP contribution in [0.15, 0.2) is 0 Å². The normalized spacial score (nSPS) is 23.7. The minimum absolute atomic E-state index is 0.196. The average Bonchev–Trinajstić information content (AvgIpc) is 2.37. The third-order valence-electron chi connectivity index (χ3n) is 1.47. The molecule has 1 rings (SSSR count). The minimum atomic E-state index is 0.196. The number of hydrogen-bond donors (Lipinski definition) is 1. The highest BCUT2D eigenvalue weighted by Crippen LogP contribution is 2.19. The van der Waals surface area contributed by atoms with E-state index >= 15 is 0 Å². The van der Waals surface area contributed by atoms with E-state index in [0.717, 1.165) is 12.2 Å². The molecule has 0 saturated carbocycles. The quantitative estimate of drug-likeness (QED) is 0.680. The van der Waals surface area contributed by atoms with E-state index in [2.05, 4.69) is 12.2 Å². The Morgan fingerprint density at radius 2 is 2.64 bits per heavy atom. The van der Waals surface area contributed by atoms with E-state index in [-0.39, 0.29) is 5.91 Å². The topological polar surface area (TPSA) is 29.1 Å². The van der Waals surface area contributed by atoms with Crippen molar-refractivity contribution in [2.75, 3.05) is 17.3 Å². The second-order valence-corrected chi connectivity index (χ2v) is 4.94. The van der Waals surface area contributed by atoms with E-state index in [4.69, 9.17) is 0 Å². The highest BCUT2D eigenvalue weighted by Gasteiger charge is 2.20. The lowest BCUT2D eigenvalue weighted by molar-refractivity contribution is -0.118. The van der Waals surface area contributed by atoms with Crippen LogP contribution in [-0.2, 0) is 4.79 Å². The van der Waals surface area contributed by atoms with Gasteiger partial charge in [-0.25, -0.2) is 0 Å². The molecule has 2 nitrogen and oxygen atoms in total. The van der Waals surface area contributed by atoms with Gasteiger partial charge in [-0.3, -0.25) is 4.79 Å². The molecule has 0 aromatic rings. The largest absolute Gasteiger partial charge is 0.344 e. The molecule has 1 heterocycles. The van der Waals surface area contributed by atoms with Crippen molar-refractivity contribution >= 4 is 29.4 Å². The van der Waals surface area contributed by atoms with Crippen molar-refractivity contribution in [1.29, 1.82) is 0 Å². The fourth-order valence-corrected chi connectivity index (χ4v) is 2.70. The summed E-state index contributed by atoms with van der Waals surface area (Å²) in [4.78, 5) is 10.7. The molecular weight excluding hydrogens is 178 g/mol. The van der Waals surface area contributed by atoms with Crippen LogP contribution in [0, 0.1) is 0 Å². The van der Waals surface area contributed by atoms with Gasteiger partial charge in [0.15, 0.2) is 0 Å². The maximum atomic E-state index is 10.7. The van der Waals surface area contributed by atoms with Crippen molar-refractivity contribution in [3.8, 4) is 0 Å². The Hall–Kier alpha value is 0.170. The Labute approximate surface area is 75.9 Å². The van der Waals surface area contributed by atoms with Crippen molar-refractivity contribution in [2.45, 2.75) is 18.7 Å². The molecule has 1 saturated heterocycles. The smallest absolute Gasteiger partial charge is 0.230 e. The molecule has 1 aliphatic rings. The van der Waals surface area contributed by atoms with Crippen LogP contribution in [-0.4, -0.2) is 28.5 Å². The van der Waals surface area contributed by atoms with Crippen LogP contribution in [0.3, 0.4) is 0 Å². The third-order valence-corrected chi connectivity index (χ3v) is 3.58. The Balaban J connectivity index is 2.04. The first-order valence-corrected chi connectivity index (χ1v) is 6.02. The standard InChI is InChI=1S/C7H13NOS2/c1-2-10-4-3-7-8-6(9)5-11-7/h7H,2-5H2,1H3,(H,8,9). The van der Waals surface area contributed by atoms with Gasteiger partial charge < -0.3 is 5.32 Å². The lowest BCUT2D eigenvalue weighted by Crippen LogP contribution is -2.25. The van der Waals surface area contributed by atoms with Crippen molar-refractivity contribution in [1.82, 2.24) is 5.32 Å². The predicted octanol–water partition coefficient (Wildman–Crippen LogP) is 1.32. The number of carbonyl (C=O) groups is 1.